The van der Waals surface area contributed by atoms with Gasteiger partial charge < -0.3 is 19.5 Å². The molecule has 6 heteroatoms. The Morgan fingerprint density at radius 2 is 1.81 bits per heavy atom. The maximum absolute atomic E-state index is 13.5. The highest BCUT2D eigenvalue weighted by Gasteiger charge is 2.33. The number of carbonyl (C=O) groups is 2. The van der Waals surface area contributed by atoms with Gasteiger partial charge in [-0.15, -0.1) is 0 Å². The molecule has 0 aliphatic carbocycles. The van der Waals surface area contributed by atoms with Crippen LogP contribution in [0.5, 0.6) is 0 Å². The fourth-order valence-corrected chi connectivity index (χ4v) is 4.36. The number of anilines is 1. The van der Waals surface area contributed by atoms with Gasteiger partial charge >= 0.3 is 12.0 Å². The molecule has 1 atom stereocenters. The maximum atomic E-state index is 13.5. The summed E-state index contributed by atoms with van der Waals surface area (Å²) < 4.78 is 7.19. The van der Waals surface area contributed by atoms with Gasteiger partial charge in [-0.05, 0) is 54.3 Å². The third-order valence-corrected chi connectivity index (χ3v) is 5.76. The number of aromatic nitrogens is 1. The number of hydrogen-bond acceptors (Lipinski definition) is 3. The number of fused-ring (bicyclic) bond motifs is 3. The van der Waals surface area contributed by atoms with Crippen LogP contribution in [0.4, 0.5) is 10.5 Å². The van der Waals surface area contributed by atoms with Gasteiger partial charge in [0.1, 0.15) is 0 Å². The topological polar surface area (TPSA) is 63.6 Å². The van der Waals surface area contributed by atoms with Crippen molar-refractivity contribution in [3.63, 3.8) is 0 Å². The van der Waals surface area contributed by atoms with E-state index in [1.54, 1.807) is 6.92 Å². The molecule has 1 unspecified atom stereocenters. The van der Waals surface area contributed by atoms with Gasteiger partial charge in [-0.1, -0.05) is 44.2 Å². The molecule has 6 nitrogen and oxygen atoms in total. The lowest BCUT2D eigenvalue weighted by atomic mass is 9.99. The first-order chi connectivity index (χ1) is 15.5. The summed E-state index contributed by atoms with van der Waals surface area (Å²) in [5.41, 5.74) is 4.86. The minimum atomic E-state index is -0.254. The van der Waals surface area contributed by atoms with E-state index in [1.807, 2.05) is 47.4 Å². The molecule has 2 heterocycles. The lowest BCUT2D eigenvalue weighted by molar-refractivity contribution is -0.142. The zero-order valence-corrected chi connectivity index (χ0v) is 18.7. The van der Waals surface area contributed by atoms with Gasteiger partial charge in [0.05, 0.1) is 31.3 Å². The smallest absolute Gasteiger partial charge is 0.322 e. The Morgan fingerprint density at radius 3 is 2.53 bits per heavy atom. The molecule has 1 N–H and O–H groups in total. The van der Waals surface area contributed by atoms with Gasteiger partial charge in [0, 0.05) is 17.6 Å². The van der Waals surface area contributed by atoms with Gasteiger partial charge in [-0.2, -0.15) is 0 Å². The van der Waals surface area contributed by atoms with E-state index in [2.05, 4.69) is 48.1 Å². The molecule has 0 bridgehead atoms. The molecule has 0 fully saturated rings. The minimum absolute atomic E-state index is 0.0690. The minimum Gasteiger partial charge on any atom is -0.466 e. The van der Waals surface area contributed by atoms with Crippen LogP contribution < -0.4 is 5.32 Å². The van der Waals surface area contributed by atoms with Crippen molar-refractivity contribution in [2.24, 2.45) is 5.92 Å². The number of rotatable bonds is 5. The molecule has 1 aliphatic rings. The first-order valence-corrected chi connectivity index (χ1v) is 11.1. The Balaban J connectivity index is 1.58. The summed E-state index contributed by atoms with van der Waals surface area (Å²) in [6.45, 7) is 6.96. The van der Waals surface area contributed by atoms with Gasteiger partial charge in [0.15, 0.2) is 0 Å². The Bertz CT molecular complexity index is 1100. The van der Waals surface area contributed by atoms with Crippen LogP contribution in [-0.2, 0) is 22.5 Å². The fraction of sp³-hybridized carbons (Fsp3) is 0.308. The van der Waals surface area contributed by atoms with E-state index in [9.17, 15) is 9.59 Å². The van der Waals surface area contributed by atoms with Crippen molar-refractivity contribution < 1.29 is 14.3 Å². The van der Waals surface area contributed by atoms with Gasteiger partial charge in [0.2, 0.25) is 0 Å². The summed E-state index contributed by atoms with van der Waals surface area (Å²) in [5, 5.41) is 3.05. The number of urea groups is 1. The van der Waals surface area contributed by atoms with Crippen molar-refractivity contribution in [2.45, 2.75) is 39.8 Å². The number of amides is 2. The second-order valence-electron chi connectivity index (χ2n) is 8.36. The second-order valence-corrected chi connectivity index (χ2v) is 8.36. The standard InChI is InChI=1S/C26H29N3O3/c1-4-32-24(30)16-19-11-13-21(14-12-19)27-26(31)29-17-20-8-5-6-9-22(20)28-15-7-10-23(28)25(29)18(2)3/h5-15,18,25H,4,16-17H2,1-3H3,(H,27,31). The second kappa shape index (κ2) is 9.30. The Kier molecular flexibility index (Phi) is 6.30. The number of hydrogen-bond donors (Lipinski definition) is 1. The quantitative estimate of drug-likeness (QED) is 0.556. The summed E-state index contributed by atoms with van der Waals surface area (Å²) >= 11 is 0. The maximum Gasteiger partial charge on any atom is 0.322 e. The predicted molar refractivity (Wildman–Crippen MR) is 125 cm³/mol. The highest BCUT2D eigenvalue weighted by atomic mass is 16.5. The van der Waals surface area contributed by atoms with E-state index in [0.717, 1.165) is 22.5 Å². The first-order valence-electron chi connectivity index (χ1n) is 11.1. The Hall–Kier alpha value is -3.54. The van der Waals surface area contributed by atoms with E-state index < -0.39 is 0 Å². The number of nitrogens with zero attached hydrogens (tertiary/aromatic N) is 2. The van der Waals surface area contributed by atoms with E-state index in [-0.39, 0.29) is 30.4 Å². The van der Waals surface area contributed by atoms with Gasteiger partial charge in [-0.25, -0.2) is 4.79 Å². The predicted octanol–water partition coefficient (Wildman–Crippen LogP) is 5.33. The zero-order chi connectivity index (χ0) is 22.7. The van der Waals surface area contributed by atoms with E-state index in [4.69, 9.17) is 4.74 Å². The lowest BCUT2D eigenvalue weighted by Crippen LogP contribution is -2.39. The molecule has 2 aromatic carbocycles. The molecule has 0 radical (unpaired) electrons. The van der Waals surface area contributed by atoms with Crippen LogP contribution >= 0.6 is 0 Å². The monoisotopic (exact) mass is 431 g/mol. The number of benzene rings is 2. The molecule has 1 aromatic heterocycles. The van der Waals surface area contributed by atoms with E-state index in [0.29, 0.717) is 18.8 Å². The number of carbonyl (C=O) groups excluding carboxylic acids is 2. The van der Waals surface area contributed by atoms with Crippen molar-refractivity contribution >= 4 is 17.7 Å². The van der Waals surface area contributed by atoms with Crippen molar-refractivity contribution in [3.05, 3.63) is 83.7 Å². The molecule has 1 aliphatic heterocycles. The molecule has 0 saturated carbocycles. The highest BCUT2D eigenvalue weighted by molar-refractivity contribution is 5.90. The molecule has 3 aromatic rings. The van der Waals surface area contributed by atoms with Crippen molar-refractivity contribution in [1.29, 1.82) is 0 Å². The molecular weight excluding hydrogens is 402 g/mol. The summed E-state index contributed by atoms with van der Waals surface area (Å²) in [6.07, 6.45) is 2.28. The summed E-state index contributed by atoms with van der Waals surface area (Å²) in [7, 11) is 0. The van der Waals surface area contributed by atoms with Crippen LogP contribution in [0.1, 0.15) is 43.6 Å². The van der Waals surface area contributed by atoms with Gasteiger partial charge in [0.25, 0.3) is 0 Å². The Labute approximate surface area is 188 Å². The number of para-hydroxylation sites is 1. The van der Waals surface area contributed by atoms with Crippen LogP contribution in [0, 0.1) is 5.92 Å². The van der Waals surface area contributed by atoms with Crippen LogP contribution in [0.25, 0.3) is 5.69 Å². The molecule has 166 valence electrons. The van der Waals surface area contributed by atoms with Crippen LogP contribution in [0.3, 0.4) is 0 Å². The highest BCUT2D eigenvalue weighted by Crippen LogP contribution is 2.36. The van der Waals surface area contributed by atoms with Crippen LogP contribution in [0.15, 0.2) is 66.9 Å². The van der Waals surface area contributed by atoms with E-state index in [1.165, 1.54) is 0 Å². The zero-order valence-electron chi connectivity index (χ0n) is 18.7. The number of nitrogens with one attached hydrogen (secondary N) is 1. The van der Waals surface area contributed by atoms with Crippen molar-refractivity contribution in [1.82, 2.24) is 9.47 Å². The van der Waals surface area contributed by atoms with Crippen molar-refractivity contribution in [3.8, 4) is 5.69 Å². The average Bonchev–Trinajstić information content (AvgIpc) is 3.18. The van der Waals surface area contributed by atoms with E-state index >= 15 is 0 Å². The first kappa shape index (κ1) is 21.7. The largest absolute Gasteiger partial charge is 0.466 e. The van der Waals surface area contributed by atoms with Crippen LogP contribution in [0.2, 0.25) is 0 Å². The molecule has 4 rings (SSSR count). The molecule has 0 spiro atoms. The summed E-state index contributed by atoms with van der Waals surface area (Å²) in [5.74, 6) is -0.0223. The summed E-state index contributed by atoms with van der Waals surface area (Å²) in [6, 6.07) is 19.5. The normalized spacial score (nSPS) is 15.0. The molecular formula is C26H29N3O3. The number of esters is 1. The number of ether oxygens (including phenoxy) is 1. The van der Waals surface area contributed by atoms with Crippen molar-refractivity contribution in [2.75, 3.05) is 11.9 Å². The van der Waals surface area contributed by atoms with Crippen LogP contribution in [-0.4, -0.2) is 28.1 Å². The lowest BCUT2D eigenvalue weighted by Gasteiger charge is -2.33. The molecule has 0 saturated heterocycles. The molecule has 2 amide bonds. The Morgan fingerprint density at radius 1 is 1.06 bits per heavy atom. The molecule has 32 heavy (non-hydrogen) atoms. The SMILES string of the molecule is CCOC(=O)Cc1ccc(NC(=O)N2Cc3ccccc3-n3cccc3C2C(C)C)cc1. The summed E-state index contributed by atoms with van der Waals surface area (Å²) in [4.78, 5) is 27.1. The average molecular weight is 432 g/mol. The fourth-order valence-electron chi connectivity index (χ4n) is 4.36. The third-order valence-electron chi connectivity index (χ3n) is 5.76. The van der Waals surface area contributed by atoms with Gasteiger partial charge in [-0.3, -0.25) is 4.79 Å². The third kappa shape index (κ3) is 4.40.